The number of Topliss-reactive ketones (excluding diaryl/α,β-unsaturated/α-hetero) is 2. The van der Waals surface area contributed by atoms with E-state index >= 15 is 0 Å². The predicted octanol–water partition coefficient (Wildman–Crippen LogP) is 3.44. The predicted molar refractivity (Wildman–Crippen MR) is 71.6 cm³/mol. The number of hydrogen-bond acceptors (Lipinski definition) is 3. The standard InChI is InChI=1S/C14H9BrFNO2/c15-11-6-9(3-4-12(11)16)13(18)7-14(19)10-2-1-5-17-8-10/h1-6,8H,7H2. The van der Waals surface area contributed by atoms with Crippen LogP contribution in [0.15, 0.2) is 47.2 Å². The lowest BCUT2D eigenvalue weighted by Crippen LogP contribution is -2.09. The first kappa shape index (κ1) is 13.5. The Morgan fingerprint density at radius 1 is 1.16 bits per heavy atom. The van der Waals surface area contributed by atoms with Gasteiger partial charge in [0.1, 0.15) is 5.82 Å². The fourth-order valence-corrected chi connectivity index (χ4v) is 1.93. The summed E-state index contributed by atoms with van der Waals surface area (Å²) in [6.07, 6.45) is 2.70. The molecule has 0 amide bonds. The van der Waals surface area contributed by atoms with Gasteiger partial charge in [0.05, 0.1) is 10.9 Å². The third-order valence-corrected chi connectivity index (χ3v) is 3.15. The van der Waals surface area contributed by atoms with Crippen LogP contribution in [0.1, 0.15) is 27.1 Å². The fraction of sp³-hybridized carbons (Fsp3) is 0.0714. The molecule has 1 aromatic carbocycles. The number of ketones is 2. The van der Waals surface area contributed by atoms with Crippen molar-refractivity contribution in [1.82, 2.24) is 4.98 Å². The zero-order valence-electron chi connectivity index (χ0n) is 9.77. The average Bonchev–Trinajstić information content (AvgIpc) is 2.42. The van der Waals surface area contributed by atoms with Crippen molar-refractivity contribution < 1.29 is 14.0 Å². The van der Waals surface area contributed by atoms with Crippen LogP contribution in [0.25, 0.3) is 0 Å². The van der Waals surface area contributed by atoms with Gasteiger partial charge in [0.25, 0.3) is 0 Å². The number of halogens is 2. The molecule has 0 N–H and O–H groups in total. The Kier molecular flexibility index (Phi) is 4.16. The van der Waals surface area contributed by atoms with E-state index in [-0.39, 0.29) is 22.5 Å². The van der Waals surface area contributed by atoms with Crippen LogP contribution in [0.4, 0.5) is 4.39 Å². The number of pyridine rings is 1. The Morgan fingerprint density at radius 3 is 2.53 bits per heavy atom. The van der Waals surface area contributed by atoms with Crippen molar-refractivity contribution in [3.05, 3.63) is 64.1 Å². The van der Waals surface area contributed by atoms with Crippen LogP contribution < -0.4 is 0 Å². The summed E-state index contributed by atoms with van der Waals surface area (Å²) in [4.78, 5) is 27.6. The first-order valence-corrected chi connectivity index (χ1v) is 6.28. The molecule has 0 saturated heterocycles. The summed E-state index contributed by atoms with van der Waals surface area (Å²) in [5.41, 5.74) is 0.683. The summed E-state index contributed by atoms with van der Waals surface area (Å²) in [7, 11) is 0. The molecular formula is C14H9BrFNO2. The monoisotopic (exact) mass is 321 g/mol. The quantitative estimate of drug-likeness (QED) is 0.640. The van der Waals surface area contributed by atoms with Gasteiger partial charge in [0.2, 0.25) is 0 Å². The molecule has 0 unspecified atom stereocenters. The Bertz CT molecular complexity index is 629. The average molecular weight is 322 g/mol. The third kappa shape index (κ3) is 3.32. The van der Waals surface area contributed by atoms with E-state index in [4.69, 9.17) is 0 Å². The lowest BCUT2D eigenvalue weighted by atomic mass is 10.0. The maximum atomic E-state index is 13.1. The fourth-order valence-electron chi connectivity index (χ4n) is 1.55. The molecule has 0 bridgehead atoms. The van der Waals surface area contributed by atoms with E-state index in [1.165, 1.54) is 24.4 Å². The number of carbonyl (C=O) groups is 2. The smallest absolute Gasteiger partial charge is 0.172 e. The highest BCUT2D eigenvalue weighted by atomic mass is 79.9. The molecule has 19 heavy (non-hydrogen) atoms. The third-order valence-electron chi connectivity index (χ3n) is 2.55. The van der Waals surface area contributed by atoms with Gasteiger partial charge in [-0.3, -0.25) is 14.6 Å². The topological polar surface area (TPSA) is 47.0 Å². The largest absolute Gasteiger partial charge is 0.294 e. The minimum atomic E-state index is -0.449. The van der Waals surface area contributed by atoms with Crippen molar-refractivity contribution in [3.63, 3.8) is 0 Å². The number of hydrogen-bond donors (Lipinski definition) is 0. The van der Waals surface area contributed by atoms with Crippen LogP contribution in [0.2, 0.25) is 0 Å². The van der Waals surface area contributed by atoms with Crippen molar-refractivity contribution >= 4 is 27.5 Å². The van der Waals surface area contributed by atoms with Crippen LogP contribution in [0.3, 0.4) is 0 Å². The summed E-state index contributed by atoms with van der Waals surface area (Å²) < 4.78 is 13.3. The second-order valence-corrected chi connectivity index (χ2v) is 4.75. The summed E-state index contributed by atoms with van der Waals surface area (Å²) in [5.74, 6) is -1.11. The molecule has 0 aliphatic carbocycles. The van der Waals surface area contributed by atoms with Crippen molar-refractivity contribution in [2.24, 2.45) is 0 Å². The van der Waals surface area contributed by atoms with Gasteiger partial charge in [-0.2, -0.15) is 0 Å². The highest BCUT2D eigenvalue weighted by Gasteiger charge is 2.14. The summed E-state index contributed by atoms with van der Waals surface area (Å²) in [6, 6.07) is 7.15. The van der Waals surface area contributed by atoms with Crippen molar-refractivity contribution in [2.75, 3.05) is 0 Å². The molecule has 2 rings (SSSR count). The first-order valence-electron chi connectivity index (χ1n) is 5.49. The maximum absolute atomic E-state index is 13.1. The first-order chi connectivity index (χ1) is 9.08. The number of benzene rings is 1. The molecule has 0 aliphatic rings. The highest BCUT2D eigenvalue weighted by Crippen LogP contribution is 2.18. The van der Waals surface area contributed by atoms with Gasteiger partial charge in [0, 0.05) is 23.5 Å². The molecule has 2 aromatic rings. The van der Waals surface area contributed by atoms with Gasteiger partial charge in [-0.15, -0.1) is 0 Å². The van der Waals surface area contributed by atoms with E-state index in [1.807, 2.05) is 0 Å². The van der Waals surface area contributed by atoms with Crippen LogP contribution in [0, 0.1) is 5.82 Å². The lowest BCUT2D eigenvalue weighted by Gasteiger charge is -2.02. The van der Waals surface area contributed by atoms with E-state index < -0.39 is 5.82 Å². The Balaban J connectivity index is 2.13. The number of nitrogens with zero attached hydrogens (tertiary/aromatic N) is 1. The summed E-state index contributed by atoms with van der Waals surface area (Å²) in [6.45, 7) is 0. The molecule has 0 aliphatic heterocycles. The molecule has 0 spiro atoms. The SMILES string of the molecule is O=C(CC(=O)c1ccc(F)c(Br)c1)c1cccnc1. The maximum Gasteiger partial charge on any atom is 0.172 e. The van der Waals surface area contributed by atoms with Crippen LogP contribution in [0.5, 0.6) is 0 Å². The van der Waals surface area contributed by atoms with Crippen LogP contribution in [-0.4, -0.2) is 16.6 Å². The molecule has 5 heteroatoms. The van der Waals surface area contributed by atoms with E-state index in [0.29, 0.717) is 11.1 Å². The van der Waals surface area contributed by atoms with Gasteiger partial charge in [-0.1, -0.05) is 0 Å². The molecular weight excluding hydrogens is 313 g/mol. The van der Waals surface area contributed by atoms with E-state index in [0.717, 1.165) is 0 Å². The minimum absolute atomic E-state index is 0.201. The lowest BCUT2D eigenvalue weighted by molar-refractivity contribution is 0.0894. The van der Waals surface area contributed by atoms with E-state index in [1.54, 1.807) is 18.3 Å². The van der Waals surface area contributed by atoms with E-state index in [9.17, 15) is 14.0 Å². The number of carbonyl (C=O) groups excluding carboxylic acids is 2. The summed E-state index contributed by atoms with van der Waals surface area (Å²) in [5, 5.41) is 0. The van der Waals surface area contributed by atoms with Crippen molar-refractivity contribution in [1.29, 1.82) is 0 Å². The second-order valence-electron chi connectivity index (χ2n) is 3.89. The van der Waals surface area contributed by atoms with Gasteiger partial charge in [0.15, 0.2) is 11.6 Å². The number of aromatic nitrogens is 1. The highest BCUT2D eigenvalue weighted by molar-refractivity contribution is 9.10. The van der Waals surface area contributed by atoms with Gasteiger partial charge in [-0.05, 0) is 46.3 Å². The van der Waals surface area contributed by atoms with Crippen LogP contribution in [-0.2, 0) is 0 Å². The van der Waals surface area contributed by atoms with Gasteiger partial charge in [-0.25, -0.2) is 4.39 Å². The molecule has 0 fully saturated rings. The molecule has 1 heterocycles. The second kappa shape index (κ2) is 5.84. The van der Waals surface area contributed by atoms with E-state index in [2.05, 4.69) is 20.9 Å². The molecule has 1 aromatic heterocycles. The van der Waals surface area contributed by atoms with Crippen LogP contribution >= 0.6 is 15.9 Å². The molecule has 0 saturated carbocycles. The zero-order valence-corrected chi connectivity index (χ0v) is 11.4. The van der Waals surface area contributed by atoms with Gasteiger partial charge < -0.3 is 0 Å². The summed E-state index contributed by atoms with van der Waals surface area (Å²) >= 11 is 3.00. The van der Waals surface area contributed by atoms with Crippen molar-refractivity contribution in [3.8, 4) is 0 Å². The zero-order chi connectivity index (χ0) is 13.8. The molecule has 3 nitrogen and oxygen atoms in total. The van der Waals surface area contributed by atoms with Gasteiger partial charge >= 0.3 is 0 Å². The molecule has 0 atom stereocenters. The Morgan fingerprint density at radius 2 is 1.89 bits per heavy atom. The Labute approximate surface area is 117 Å². The normalized spacial score (nSPS) is 10.2. The molecule has 96 valence electrons. The number of rotatable bonds is 4. The minimum Gasteiger partial charge on any atom is -0.294 e. The van der Waals surface area contributed by atoms with Crippen molar-refractivity contribution in [2.45, 2.75) is 6.42 Å². The molecule has 0 radical (unpaired) electrons. The Hall–Kier alpha value is -1.88.